The van der Waals surface area contributed by atoms with Crippen molar-refractivity contribution in [3.05, 3.63) is 51.2 Å². The lowest BCUT2D eigenvalue weighted by molar-refractivity contribution is 0.457. The van der Waals surface area contributed by atoms with Crippen molar-refractivity contribution in [2.24, 2.45) is 0 Å². The van der Waals surface area contributed by atoms with Gasteiger partial charge in [-0.25, -0.2) is 17.6 Å². The zero-order chi connectivity index (χ0) is 14.2. The van der Waals surface area contributed by atoms with Crippen molar-refractivity contribution in [1.82, 2.24) is 0 Å². The number of rotatable bonds is 3. The minimum atomic E-state index is -1.42. The smallest absolute Gasteiger partial charge is 0.185 e. The molecule has 1 nitrogen and oxygen atoms in total. The Balaban J connectivity index is 2.37. The summed E-state index contributed by atoms with van der Waals surface area (Å²) in [5.74, 6) is -5.67. The molecular formula is C13H11F4NS. The second-order valence-electron chi connectivity index (χ2n) is 4.18. The number of anilines is 1. The summed E-state index contributed by atoms with van der Waals surface area (Å²) in [5, 5.41) is 4.32. The third kappa shape index (κ3) is 2.58. The highest BCUT2D eigenvalue weighted by molar-refractivity contribution is 7.10. The molecule has 0 saturated carbocycles. The van der Waals surface area contributed by atoms with Crippen LogP contribution in [0.2, 0.25) is 0 Å². The molecule has 1 atom stereocenters. The fraction of sp³-hybridized carbons (Fsp3) is 0.231. The average Bonchev–Trinajstić information content (AvgIpc) is 2.78. The molecule has 1 N–H and O–H groups in total. The molecule has 0 aliphatic rings. The van der Waals surface area contributed by atoms with Crippen LogP contribution < -0.4 is 5.32 Å². The summed E-state index contributed by atoms with van der Waals surface area (Å²) in [4.78, 5) is 0.850. The van der Waals surface area contributed by atoms with Crippen LogP contribution in [0.1, 0.15) is 23.4 Å². The van der Waals surface area contributed by atoms with Crippen molar-refractivity contribution >= 4 is 17.0 Å². The lowest BCUT2D eigenvalue weighted by Crippen LogP contribution is -2.11. The van der Waals surface area contributed by atoms with Crippen molar-refractivity contribution in [1.29, 1.82) is 0 Å². The van der Waals surface area contributed by atoms with Crippen LogP contribution in [0, 0.1) is 30.2 Å². The molecule has 19 heavy (non-hydrogen) atoms. The van der Waals surface area contributed by atoms with E-state index in [1.165, 1.54) is 11.3 Å². The van der Waals surface area contributed by atoms with Crippen LogP contribution in [0.3, 0.4) is 0 Å². The Morgan fingerprint density at radius 2 is 1.68 bits per heavy atom. The van der Waals surface area contributed by atoms with Gasteiger partial charge in [0.25, 0.3) is 0 Å². The zero-order valence-electron chi connectivity index (χ0n) is 10.2. The van der Waals surface area contributed by atoms with Crippen molar-refractivity contribution < 1.29 is 17.6 Å². The zero-order valence-corrected chi connectivity index (χ0v) is 11.0. The molecule has 1 unspecified atom stereocenters. The van der Waals surface area contributed by atoms with E-state index in [1.807, 2.05) is 18.4 Å². The molecule has 0 saturated heterocycles. The molecule has 0 aliphatic heterocycles. The molecule has 6 heteroatoms. The lowest BCUT2D eigenvalue weighted by Gasteiger charge is -2.16. The van der Waals surface area contributed by atoms with Gasteiger partial charge in [0, 0.05) is 10.9 Å². The standard InChI is InChI=1S/C13H11F4NS/c1-6-3-4-19-13(6)7(2)18-12-10(16)8(14)5-9(15)11(12)17/h3-5,7,18H,1-2H3. The highest BCUT2D eigenvalue weighted by atomic mass is 32.1. The molecule has 0 aliphatic carbocycles. The van der Waals surface area contributed by atoms with E-state index in [0.29, 0.717) is 0 Å². The number of thiophene rings is 1. The molecule has 102 valence electrons. The Morgan fingerprint density at radius 3 is 2.16 bits per heavy atom. The van der Waals surface area contributed by atoms with Gasteiger partial charge in [0.05, 0.1) is 6.04 Å². The lowest BCUT2D eigenvalue weighted by atomic mass is 10.1. The van der Waals surface area contributed by atoms with Gasteiger partial charge in [0.15, 0.2) is 23.3 Å². The maximum atomic E-state index is 13.5. The Hall–Kier alpha value is -1.56. The number of halogens is 4. The first-order valence-electron chi connectivity index (χ1n) is 5.55. The normalized spacial score (nSPS) is 12.5. The van der Waals surface area contributed by atoms with Gasteiger partial charge in [0.2, 0.25) is 0 Å². The van der Waals surface area contributed by atoms with Crippen LogP contribution >= 0.6 is 11.3 Å². The number of hydrogen-bond acceptors (Lipinski definition) is 2. The van der Waals surface area contributed by atoms with Gasteiger partial charge in [-0.1, -0.05) is 0 Å². The van der Waals surface area contributed by atoms with E-state index in [2.05, 4.69) is 5.32 Å². The Labute approximate surface area is 111 Å². The van der Waals surface area contributed by atoms with E-state index in [0.717, 1.165) is 10.4 Å². The molecule has 0 fully saturated rings. The van der Waals surface area contributed by atoms with E-state index in [1.54, 1.807) is 6.92 Å². The Bertz CT molecular complexity index is 583. The molecule has 2 rings (SSSR count). The van der Waals surface area contributed by atoms with Gasteiger partial charge in [0.1, 0.15) is 5.69 Å². The summed E-state index contributed by atoms with van der Waals surface area (Å²) in [6.07, 6.45) is 0. The molecule has 2 aromatic rings. The minimum absolute atomic E-state index is 0.191. The van der Waals surface area contributed by atoms with Gasteiger partial charge >= 0.3 is 0 Å². The quantitative estimate of drug-likeness (QED) is 0.633. The fourth-order valence-corrected chi connectivity index (χ4v) is 2.75. The van der Waals surface area contributed by atoms with Crippen LogP contribution in [0.25, 0.3) is 0 Å². The number of aryl methyl sites for hydroxylation is 1. The van der Waals surface area contributed by atoms with Crippen molar-refractivity contribution in [3.63, 3.8) is 0 Å². The van der Waals surface area contributed by atoms with Crippen LogP contribution in [-0.4, -0.2) is 0 Å². The molecular weight excluding hydrogens is 278 g/mol. The molecule has 1 aromatic carbocycles. The summed E-state index contributed by atoms with van der Waals surface area (Å²) < 4.78 is 53.2. The van der Waals surface area contributed by atoms with Crippen LogP contribution in [-0.2, 0) is 0 Å². The van der Waals surface area contributed by atoms with E-state index in [4.69, 9.17) is 0 Å². The molecule has 1 aromatic heterocycles. The number of nitrogens with one attached hydrogen (secondary N) is 1. The molecule has 0 bridgehead atoms. The van der Waals surface area contributed by atoms with Gasteiger partial charge in [-0.3, -0.25) is 0 Å². The second-order valence-corrected chi connectivity index (χ2v) is 5.12. The van der Waals surface area contributed by atoms with Gasteiger partial charge in [-0.15, -0.1) is 11.3 Å². The second kappa shape index (κ2) is 5.21. The van der Waals surface area contributed by atoms with Crippen molar-refractivity contribution in [3.8, 4) is 0 Å². The predicted molar refractivity (Wildman–Crippen MR) is 67.4 cm³/mol. The van der Waals surface area contributed by atoms with E-state index in [9.17, 15) is 17.6 Å². The monoisotopic (exact) mass is 289 g/mol. The van der Waals surface area contributed by atoms with E-state index in [-0.39, 0.29) is 6.07 Å². The Kier molecular flexibility index (Phi) is 3.80. The fourth-order valence-electron chi connectivity index (χ4n) is 1.81. The SMILES string of the molecule is Cc1ccsc1C(C)Nc1c(F)c(F)cc(F)c1F. The van der Waals surface area contributed by atoms with Gasteiger partial charge < -0.3 is 5.32 Å². The Morgan fingerprint density at radius 1 is 1.11 bits per heavy atom. The molecule has 0 amide bonds. The molecule has 0 spiro atoms. The van der Waals surface area contributed by atoms with Gasteiger partial charge in [-0.2, -0.15) is 0 Å². The summed E-state index contributed by atoms with van der Waals surface area (Å²) in [5.41, 5.74) is 0.167. The van der Waals surface area contributed by atoms with Crippen LogP contribution in [0.5, 0.6) is 0 Å². The van der Waals surface area contributed by atoms with Crippen LogP contribution in [0.4, 0.5) is 23.2 Å². The average molecular weight is 289 g/mol. The summed E-state index contributed by atoms with van der Waals surface area (Å²) >= 11 is 1.40. The topological polar surface area (TPSA) is 12.0 Å². The predicted octanol–water partition coefficient (Wildman–Crippen LogP) is 4.79. The van der Waals surface area contributed by atoms with Gasteiger partial charge in [-0.05, 0) is 30.9 Å². The van der Waals surface area contributed by atoms with E-state index >= 15 is 0 Å². The maximum absolute atomic E-state index is 13.5. The number of benzene rings is 1. The molecule has 1 heterocycles. The summed E-state index contributed by atoms with van der Waals surface area (Å²) in [6.45, 7) is 3.52. The van der Waals surface area contributed by atoms with Crippen LogP contribution in [0.15, 0.2) is 17.5 Å². The van der Waals surface area contributed by atoms with Crippen molar-refractivity contribution in [2.75, 3.05) is 5.32 Å². The number of hydrogen-bond donors (Lipinski definition) is 1. The third-order valence-corrected chi connectivity index (χ3v) is 3.97. The highest BCUT2D eigenvalue weighted by Gasteiger charge is 2.21. The molecule has 0 radical (unpaired) electrons. The first-order valence-corrected chi connectivity index (χ1v) is 6.43. The highest BCUT2D eigenvalue weighted by Crippen LogP contribution is 2.31. The minimum Gasteiger partial charge on any atom is -0.373 e. The first kappa shape index (κ1) is 13.9. The van der Waals surface area contributed by atoms with E-state index < -0.39 is 35.0 Å². The first-order chi connectivity index (χ1) is 8.91. The summed E-state index contributed by atoms with van der Waals surface area (Å²) in [6, 6.07) is 1.60. The third-order valence-electron chi connectivity index (χ3n) is 2.77. The summed E-state index contributed by atoms with van der Waals surface area (Å²) in [7, 11) is 0. The van der Waals surface area contributed by atoms with Crippen molar-refractivity contribution in [2.45, 2.75) is 19.9 Å². The largest absolute Gasteiger partial charge is 0.373 e. The maximum Gasteiger partial charge on any atom is 0.185 e.